The minimum absolute atomic E-state index is 0.157. The van der Waals surface area contributed by atoms with E-state index in [0.717, 1.165) is 24.0 Å². The molecule has 0 aromatic carbocycles. The van der Waals surface area contributed by atoms with Gasteiger partial charge in [-0.05, 0) is 37.0 Å². The first-order valence-corrected chi connectivity index (χ1v) is 5.17. The average Bonchev–Trinajstić information content (AvgIpc) is 2.56. The predicted molar refractivity (Wildman–Crippen MR) is 60.2 cm³/mol. The van der Waals surface area contributed by atoms with Gasteiger partial charge in [-0.2, -0.15) is 0 Å². The van der Waals surface area contributed by atoms with Crippen LogP contribution in [0.1, 0.15) is 24.0 Å². The molecule has 1 unspecified atom stereocenters. The van der Waals surface area contributed by atoms with Gasteiger partial charge in [-0.15, -0.1) is 11.6 Å². The third kappa shape index (κ3) is 1.75. The van der Waals surface area contributed by atoms with Crippen molar-refractivity contribution in [1.82, 2.24) is 4.98 Å². The standard InChI is InChI=1S/C11H13ClN2/c1-7-4-10(11(13)14-6-7)8-2-3-9(12)5-8/h4-6,9H,2-3H2,1H3,(H2,13,14). The Labute approximate surface area is 88.8 Å². The van der Waals surface area contributed by atoms with Crippen LogP contribution in [0, 0.1) is 6.92 Å². The molecule has 3 heteroatoms. The molecule has 2 nitrogen and oxygen atoms in total. The molecule has 1 heterocycles. The summed E-state index contributed by atoms with van der Waals surface area (Å²) >= 11 is 6.01. The van der Waals surface area contributed by atoms with Crippen LogP contribution in [0.3, 0.4) is 0 Å². The van der Waals surface area contributed by atoms with E-state index < -0.39 is 0 Å². The van der Waals surface area contributed by atoms with E-state index in [4.69, 9.17) is 17.3 Å². The molecule has 0 fully saturated rings. The highest BCUT2D eigenvalue weighted by molar-refractivity contribution is 6.22. The number of aromatic nitrogens is 1. The highest BCUT2D eigenvalue weighted by atomic mass is 35.5. The molecular formula is C11H13ClN2. The minimum Gasteiger partial charge on any atom is -0.383 e. The molecule has 74 valence electrons. The van der Waals surface area contributed by atoms with Crippen LogP contribution in [-0.2, 0) is 0 Å². The SMILES string of the molecule is Cc1cnc(N)c(C2=CC(Cl)CC2)c1. The number of allylic oxidation sites excluding steroid dienone is 2. The Morgan fingerprint density at radius 3 is 3.00 bits per heavy atom. The van der Waals surface area contributed by atoms with Gasteiger partial charge in [0.05, 0.1) is 5.38 Å². The topological polar surface area (TPSA) is 38.9 Å². The molecule has 2 rings (SSSR count). The summed E-state index contributed by atoms with van der Waals surface area (Å²) in [5, 5.41) is 0.157. The highest BCUT2D eigenvalue weighted by Crippen LogP contribution is 2.32. The van der Waals surface area contributed by atoms with Gasteiger partial charge in [-0.25, -0.2) is 4.98 Å². The highest BCUT2D eigenvalue weighted by Gasteiger charge is 2.16. The molecule has 2 N–H and O–H groups in total. The summed E-state index contributed by atoms with van der Waals surface area (Å²) in [7, 11) is 0. The van der Waals surface area contributed by atoms with Crippen LogP contribution in [0.15, 0.2) is 18.3 Å². The molecule has 0 bridgehead atoms. The molecule has 0 saturated carbocycles. The van der Waals surface area contributed by atoms with Crippen molar-refractivity contribution in [3.05, 3.63) is 29.5 Å². The van der Waals surface area contributed by atoms with Crippen LogP contribution in [0.5, 0.6) is 0 Å². The van der Waals surface area contributed by atoms with E-state index in [-0.39, 0.29) is 5.38 Å². The van der Waals surface area contributed by atoms with E-state index in [2.05, 4.69) is 17.1 Å². The first kappa shape index (κ1) is 9.53. The van der Waals surface area contributed by atoms with Crippen LogP contribution in [0.2, 0.25) is 0 Å². The van der Waals surface area contributed by atoms with Crippen LogP contribution < -0.4 is 5.73 Å². The second-order valence-corrected chi connectivity index (χ2v) is 4.25. The number of rotatable bonds is 1. The molecule has 1 aliphatic carbocycles. The summed E-state index contributed by atoms with van der Waals surface area (Å²) in [6, 6.07) is 2.07. The first-order valence-electron chi connectivity index (χ1n) is 4.74. The summed E-state index contributed by atoms with van der Waals surface area (Å²) < 4.78 is 0. The monoisotopic (exact) mass is 208 g/mol. The van der Waals surface area contributed by atoms with Crippen molar-refractivity contribution >= 4 is 23.0 Å². The smallest absolute Gasteiger partial charge is 0.130 e. The fourth-order valence-corrected chi connectivity index (χ4v) is 2.00. The summed E-state index contributed by atoms with van der Waals surface area (Å²) in [6.45, 7) is 2.02. The van der Waals surface area contributed by atoms with E-state index in [0.29, 0.717) is 5.82 Å². The van der Waals surface area contributed by atoms with Crippen molar-refractivity contribution in [2.24, 2.45) is 0 Å². The van der Waals surface area contributed by atoms with Crippen molar-refractivity contribution in [1.29, 1.82) is 0 Å². The second-order valence-electron chi connectivity index (χ2n) is 3.69. The molecule has 1 aromatic rings. The zero-order valence-corrected chi connectivity index (χ0v) is 8.88. The van der Waals surface area contributed by atoms with Gasteiger partial charge in [-0.3, -0.25) is 0 Å². The molecular weight excluding hydrogens is 196 g/mol. The Hall–Kier alpha value is -1.02. The first-order chi connectivity index (χ1) is 6.66. The molecule has 14 heavy (non-hydrogen) atoms. The van der Waals surface area contributed by atoms with Crippen LogP contribution >= 0.6 is 11.6 Å². The molecule has 1 aliphatic rings. The van der Waals surface area contributed by atoms with Crippen molar-refractivity contribution in [3.8, 4) is 0 Å². The molecule has 0 amide bonds. The molecule has 1 atom stereocenters. The minimum atomic E-state index is 0.157. The lowest BCUT2D eigenvalue weighted by molar-refractivity contribution is 0.941. The van der Waals surface area contributed by atoms with Gasteiger partial charge in [-0.1, -0.05) is 6.08 Å². The predicted octanol–water partition coefficient (Wildman–Crippen LogP) is 2.76. The Morgan fingerprint density at radius 2 is 2.36 bits per heavy atom. The lowest BCUT2D eigenvalue weighted by atomic mass is 10.1. The van der Waals surface area contributed by atoms with Crippen molar-refractivity contribution in [2.45, 2.75) is 25.1 Å². The number of pyridine rings is 1. The number of halogens is 1. The average molecular weight is 209 g/mol. The number of aryl methyl sites for hydroxylation is 1. The van der Waals surface area contributed by atoms with Crippen LogP contribution in [0.25, 0.3) is 5.57 Å². The number of hydrogen-bond acceptors (Lipinski definition) is 2. The number of anilines is 1. The quantitative estimate of drug-likeness (QED) is 0.721. The van der Waals surface area contributed by atoms with Gasteiger partial charge in [0.2, 0.25) is 0 Å². The van der Waals surface area contributed by atoms with Gasteiger partial charge in [0, 0.05) is 11.8 Å². The summed E-state index contributed by atoms with van der Waals surface area (Å²) in [6.07, 6.45) is 5.87. The van der Waals surface area contributed by atoms with E-state index in [1.165, 1.54) is 5.57 Å². The Kier molecular flexibility index (Phi) is 2.46. The fraction of sp³-hybridized carbons (Fsp3) is 0.364. The Balaban J connectivity index is 2.41. The third-order valence-electron chi connectivity index (χ3n) is 2.47. The van der Waals surface area contributed by atoms with E-state index >= 15 is 0 Å². The van der Waals surface area contributed by atoms with Gasteiger partial charge in [0.15, 0.2) is 0 Å². The lowest BCUT2D eigenvalue weighted by Gasteiger charge is -2.06. The zero-order chi connectivity index (χ0) is 10.1. The van der Waals surface area contributed by atoms with Gasteiger partial charge >= 0.3 is 0 Å². The number of nitrogens with zero attached hydrogens (tertiary/aromatic N) is 1. The largest absolute Gasteiger partial charge is 0.383 e. The maximum atomic E-state index is 6.01. The number of alkyl halides is 1. The van der Waals surface area contributed by atoms with E-state index in [9.17, 15) is 0 Å². The normalized spacial score (nSPS) is 21.0. The van der Waals surface area contributed by atoms with Gasteiger partial charge in [0.25, 0.3) is 0 Å². The van der Waals surface area contributed by atoms with Gasteiger partial charge in [0.1, 0.15) is 5.82 Å². The van der Waals surface area contributed by atoms with Crippen LogP contribution in [-0.4, -0.2) is 10.4 Å². The molecule has 0 spiro atoms. The van der Waals surface area contributed by atoms with Crippen molar-refractivity contribution < 1.29 is 0 Å². The lowest BCUT2D eigenvalue weighted by Crippen LogP contribution is -1.96. The molecule has 0 saturated heterocycles. The fourth-order valence-electron chi connectivity index (χ4n) is 1.74. The summed E-state index contributed by atoms with van der Waals surface area (Å²) in [5.41, 5.74) is 9.24. The van der Waals surface area contributed by atoms with Crippen molar-refractivity contribution in [2.75, 3.05) is 5.73 Å². The maximum Gasteiger partial charge on any atom is 0.130 e. The third-order valence-corrected chi connectivity index (χ3v) is 2.82. The second kappa shape index (κ2) is 3.62. The van der Waals surface area contributed by atoms with Crippen LogP contribution in [0.4, 0.5) is 5.82 Å². The molecule has 0 aliphatic heterocycles. The Morgan fingerprint density at radius 1 is 1.57 bits per heavy atom. The van der Waals surface area contributed by atoms with Gasteiger partial charge < -0.3 is 5.73 Å². The number of hydrogen-bond donors (Lipinski definition) is 1. The number of nitrogen functional groups attached to an aromatic ring is 1. The maximum absolute atomic E-state index is 6.01. The van der Waals surface area contributed by atoms with E-state index in [1.54, 1.807) is 6.20 Å². The van der Waals surface area contributed by atoms with E-state index in [1.807, 2.05) is 6.92 Å². The summed E-state index contributed by atoms with van der Waals surface area (Å²) in [5.74, 6) is 0.604. The van der Waals surface area contributed by atoms with Crippen molar-refractivity contribution in [3.63, 3.8) is 0 Å². The summed E-state index contributed by atoms with van der Waals surface area (Å²) in [4.78, 5) is 4.14. The Bertz CT molecular complexity index is 385. The molecule has 1 aromatic heterocycles. The zero-order valence-electron chi connectivity index (χ0n) is 8.13. The number of nitrogens with two attached hydrogens (primary N) is 1. The molecule has 0 radical (unpaired) electrons.